The molecular weight excluding hydrogens is 367 g/mol. The molecule has 5 nitrogen and oxygen atoms in total. The van der Waals surface area contributed by atoms with Crippen molar-refractivity contribution >= 4 is 33.2 Å². The summed E-state index contributed by atoms with van der Waals surface area (Å²) in [7, 11) is -4.08. The van der Waals surface area contributed by atoms with Gasteiger partial charge >= 0.3 is 0 Å². The predicted molar refractivity (Wildman–Crippen MR) is 95.6 cm³/mol. The Kier molecular flexibility index (Phi) is 6.17. The number of carbonyl (C=O) groups excluding carboxylic acids is 1. The van der Waals surface area contributed by atoms with E-state index in [0.29, 0.717) is 12.1 Å². The SMILES string of the molecule is C=CCNC(=O)Cc1ccc(NS(=O)(=O)c2ccc(Cl)cc2F)cc1. The highest BCUT2D eigenvalue weighted by Gasteiger charge is 2.19. The minimum Gasteiger partial charge on any atom is -0.352 e. The maximum Gasteiger partial charge on any atom is 0.264 e. The minimum atomic E-state index is -4.08. The van der Waals surface area contributed by atoms with Gasteiger partial charge in [-0.25, -0.2) is 12.8 Å². The molecule has 0 fully saturated rings. The van der Waals surface area contributed by atoms with Crippen molar-refractivity contribution < 1.29 is 17.6 Å². The monoisotopic (exact) mass is 382 g/mol. The summed E-state index contributed by atoms with van der Waals surface area (Å²) in [4.78, 5) is 11.1. The highest BCUT2D eigenvalue weighted by atomic mass is 35.5. The molecule has 0 heterocycles. The van der Waals surface area contributed by atoms with Crippen molar-refractivity contribution in [3.8, 4) is 0 Å². The molecule has 8 heteroatoms. The van der Waals surface area contributed by atoms with E-state index in [0.717, 1.165) is 12.1 Å². The second-order valence-corrected chi connectivity index (χ2v) is 7.23. The lowest BCUT2D eigenvalue weighted by Gasteiger charge is -2.10. The third-order valence-corrected chi connectivity index (χ3v) is 4.85. The number of nitrogens with one attached hydrogen (secondary N) is 2. The summed E-state index contributed by atoms with van der Waals surface area (Å²) in [5.41, 5.74) is 0.965. The zero-order chi connectivity index (χ0) is 18.4. The lowest BCUT2D eigenvalue weighted by atomic mass is 10.1. The van der Waals surface area contributed by atoms with Gasteiger partial charge in [-0.15, -0.1) is 6.58 Å². The Morgan fingerprint density at radius 2 is 1.88 bits per heavy atom. The molecule has 0 bridgehead atoms. The number of sulfonamides is 1. The molecule has 0 radical (unpaired) electrons. The summed E-state index contributed by atoms with van der Waals surface area (Å²) in [6.07, 6.45) is 1.73. The van der Waals surface area contributed by atoms with E-state index in [-0.39, 0.29) is 23.0 Å². The number of carbonyl (C=O) groups is 1. The molecule has 132 valence electrons. The van der Waals surface area contributed by atoms with Gasteiger partial charge in [0.25, 0.3) is 10.0 Å². The van der Waals surface area contributed by atoms with E-state index in [1.807, 2.05) is 0 Å². The number of benzene rings is 2. The Bertz CT molecular complexity index is 883. The smallest absolute Gasteiger partial charge is 0.264 e. The first-order chi connectivity index (χ1) is 11.8. The fourth-order valence-corrected chi connectivity index (χ4v) is 3.31. The summed E-state index contributed by atoms with van der Waals surface area (Å²) in [5, 5.41) is 2.75. The normalized spacial score (nSPS) is 11.0. The van der Waals surface area contributed by atoms with E-state index in [4.69, 9.17) is 11.6 Å². The number of rotatable bonds is 7. The number of amides is 1. The van der Waals surface area contributed by atoms with E-state index in [9.17, 15) is 17.6 Å². The quantitative estimate of drug-likeness (QED) is 0.722. The van der Waals surface area contributed by atoms with Crippen molar-refractivity contribution in [2.24, 2.45) is 0 Å². The van der Waals surface area contributed by atoms with E-state index in [2.05, 4.69) is 16.6 Å². The van der Waals surface area contributed by atoms with Gasteiger partial charge in [-0.2, -0.15) is 0 Å². The van der Waals surface area contributed by atoms with Crippen molar-refractivity contribution in [2.45, 2.75) is 11.3 Å². The van der Waals surface area contributed by atoms with Crippen LogP contribution in [0, 0.1) is 5.82 Å². The molecular formula is C17H16ClFN2O3S. The molecule has 2 aromatic carbocycles. The van der Waals surface area contributed by atoms with Gasteiger partial charge in [0.05, 0.1) is 6.42 Å². The zero-order valence-corrected chi connectivity index (χ0v) is 14.7. The van der Waals surface area contributed by atoms with Crippen LogP contribution in [0.2, 0.25) is 5.02 Å². The summed E-state index contributed by atoms with van der Waals surface area (Å²) < 4.78 is 40.6. The van der Waals surface area contributed by atoms with Crippen LogP contribution in [-0.2, 0) is 21.2 Å². The van der Waals surface area contributed by atoms with E-state index < -0.39 is 20.7 Å². The maximum absolute atomic E-state index is 13.8. The third kappa shape index (κ3) is 5.30. The molecule has 0 atom stereocenters. The molecule has 0 spiro atoms. The molecule has 0 saturated carbocycles. The van der Waals surface area contributed by atoms with Gasteiger partial charge < -0.3 is 5.32 Å². The van der Waals surface area contributed by atoms with Crippen LogP contribution in [0.25, 0.3) is 0 Å². The molecule has 2 rings (SSSR count). The van der Waals surface area contributed by atoms with Crippen molar-refractivity contribution in [2.75, 3.05) is 11.3 Å². The number of hydrogen-bond donors (Lipinski definition) is 2. The average Bonchev–Trinajstić information content (AvgIpc) is 2.54. The topological polar surface area (TPSA) is 75.3 Å². The zero-order valence-electron chi connectivity index (χ0n) is 13.1. The van der Waals surface area contributed by atoms with Gasteiger partial charge in [-0.05, 0) is 35.9 Å². The molecule has 0 unspecified atom stereocenters. The molecule has 0 aliphatic carbocycles. The highest BCUT2D eigenvalue weighted by Crippen LogP contribution is 2.22. The van der Waals surface area contributed by atoms with E-state index >= 15 is 0 Å². The lowest BCUT2D eigenvalue weighted by molar-refractivity contribution is -0.120. The highest BCUT2D eigenvalue weighted by molar-refractivity contribution is 7.92. The summed E-state index contributed by atoms with van der Waals surface area (Å²) >= 11 is 5.62. The van der Waals surface area contributed by atoms with Crippen molar-refractivity contribution in [3.63, 3.8) is 0 Å². The molecule has 25 heavy (non-hydrogen) atoms. The van der Waals surface area contributed by atoms with Gasteiger partial charge in [0, 0.05) is 17.3 Å². The predicted octanol–water partition coefficient (Wildman–Crippen LogP) is 3.12. The fraction of sp³-hybridized carbons (Fsp3) is 0.118. The van der Waals surface area contributed by atoms with E-state index in [1.54, 1.807) is 18.2 Å². The number of anilines is 1. The van der Waals surface area contributed by atoms with Gasteiger partial charge in [0.15, 0.2) is 0 Å². The number of halogens is 2. The van der Waals surface area contributed by atoms with Crippen LogP contribution in [0.15, 0.2) is 60.0 Å². The van der Waals surface area contributed by atoms with Crippen LogP contribution < -0.4 is 10.0 Å². The first-order valence-electron chi connectivity index (χ1n) is 7.26. The largest absolute Gasteiger partial charge is 0.352 e. The molecule has 1 amide bonds. The minimum absolute atomic E-state index is 0.107. The Morgan fingerprint density at radius 1 is 1.20 bits per heavy atom. The van der Waals surface area contributed by atoms with Gasteiger partial charge in [-0.1, -0.05) is 29.8 Å². The van der Waals surface area contributed by atoms with Crippen LogP contribution >= 0.6 is 11.6 Å². The molecule has 0 aliphatic heterocycles. The van der Waals surface area contributed by atoms with Crippen LogP contribution in [0.4, 0.5) is 10.1 Å². The maximum atomic E-state index is 13.8. The Morgan fingerprint density at radius 3 is 2.48 bits per heavy atom. The molecule has 0 aliphatic rings. The molecule has 2 aromatic rings. The van der Waals surface area contributed by atoms with Crippen molar-refractivity contribution in [1.82, 2.24) is 5.32 Å². The van der Waals surface area contributed by atoms with Gasteiger partial charge in [-0.3, -0.25) is 9.52 Å². The number of hydrogen-bond acceptors (Lipinski definition) is 3. The molecule has 0 saturated heterocycles. The molecule has 2 N–H and O–H groups in total. The van der Waals surface area contributed by atoms with Crippen LogP contribution in [-0.4, -0.2) is 20.9 Å². The van der Waals surface area contributed by atoms with Crippen LogP contribution in [0.1, 0.15) is 5.56 Å². The van der Waals surface area contributed by atoms with E-state index in [1.165, 1.54) is 18.2 Å². The van der Waals surface area contributed by atoms with Crippen molar-refractivity contribution in [3.05, 3.63) is 71.5 Å². The second kappa shape index (κ2) is 8.13. The van der Waals surface area contributed by atoms with Crippen LogP contribution in [0.3, 0.4) is 0 Å². The molecule has 0 aromatic heterocycles. The first kappa shape index (κ1) is 19.0. The van der Waals surface area contributed by atoms with Gasteiger partial charge in [0.1, 0.15) is 10.7 Å². The third-order valence-electron chi connectivity index (χ3n) is 3.20. The Labute approximate surface area is 150 Å². The Hall–Kier alpha value is -2.38. The van der Waals surface area contributed by atoms with Crippen molar-refractivity contribution in [1.29, 1.82) is 0 Å². The van der Waals surface area contributed by atoms with Gasteiger partial charge in [0.2, 0.25) is 5.91 Å². The summed E-state index contributed by atoms with van der Waals surface area (Å²) in [6.45, 7) is 3.89. The van der Waals surface area contributed by atoms with Crippen LogP contribution in [0.5, 0.6) is 0 Å². The average molecular weight is 383 g/mol. The second-order valence-electron chi connectivity index (χ2n) is 5.15. The fourth-order valence-electron chi connectivity index (χ4n) is 2.03. The Balaban J connectivity index is 2.09. The first-order valence-corrected chi connectivity index (χ1v) is 9.12. The standard InChI is InChI=1S/C17H16ClFN2O3S/c1-2-9-20-17(22)10-12-3-6-14(7-4-12)21-25(23,24)16-8-5-13(18)11-15(16)19/h2-8,11,21H,1,9-10H2,(H,20,22). The summed E-state index contributed by atoms with van der Waals surface area (Å²) in [6, 6.07) is 9.56. The summed E-state index contributed by atoms with van der Waals surface area (Å²) in [5.74, 6) is -1.10. The lowest BCUT2D eigenvalue weighted by Crippen LogP contribution is -2.24.